The fourth-order valence-electron chi connectivity index (χ4n) is 3.14. The Labute approximate surface area is 160 Å². The van der Waals surface area contributed by atoms with E-state index in [1.807, 2.05) is 54.2 Å². The lowest BCUT2D eigenvalue weighted by molar-refractivity contribution is 0.0784. The van der Waals surface area contributed by atoms with Crippen molar-refractivity contribution >= 4 is 5.91 Å². The van der Waals surface area contributed by atoms with Crippen LogP contribution < -0.4 is 4.74 Å². The van der Waals surface area contributed by atoms with E-state index in [0.29, 0.717) is 18.7 Å². The summed E-state index contributed by atoms with van der Waals surface area (Å²) in [6.45, 7) is 3.26. The number of nitrogens with zero attached hydrogens (tertiary/aromatic N) is 3. The highest BCUT2D eigenvalue weighted by atomic mass is 16.5. The molecule has 1 heterocycles. The number of benzene rings is 2. The molecule has 1 aromatic heterocycles. The zero-order valence-electron chi connectivity index (χ0n) is 16.1. The van der Waals surface area contributed by atoms with E-state index in [-0.39, 0.29) is 5.91 Å². The Morgan fingerprint density at radius 1 is 1.07 bits per heavy atom. The van der Waals surface area contributed by atoms with Crippen LogP contribution in [0, 0.1) is 0 Å². The number of methoxy groups -OCH3 is 1. The summed E-state index contributed by atoms with van der Waals surface area (Å²) in [7, 11) is 3.46. The molecule has 0 N–H and O–H groups in total. The van der Waals surface area contributed by atoms with Crippen molar-refractivity contribution < 1.29 is 9.53 Å². The molecular formula is C22H25N3O2. The number of rotatable bonds is 7. The highest BCUT2D eigenvalue weighted by Gasteiger charge is 2.20. The maximum Gasteiger partial charge on any atom is 0.257 e. The Bertz CT molecular complexity index is 886. The highest BCUT2D eigenvalue weighted by molar-refractivity contribution is 5.95. The number of amides is 1. The minimum absolute atomic E-state index is 0.0121. The molecular weight excluding hydrogens is 338 g/mol. The molecule has 140 valence electrons. The second kappa shape index (κ2) is 8.54. The van der Waals surface area contributed by atoms with Gasteiger partial charge in [-0.1, -0.05) is 49.4 Å². The molecule has 0 aliphatic carbocycles. The molecule has 0 fully saturated rings. The Kier molecular flexibility index (Phi) is 5.91. The van der Waals surface area contributed by atoms with E-state index in [0.717, 1.165) is 23.4 Å². The molecule has 1 amide bonds. The number of carbonyl (C=O) groups is 1. The van der Waals surface area contributed by atoms with Crippen LogP contribution in [0.25, 0.3) is 0 Å². The van der Waals surface area contributed by atoms with E-state index in [9.17, 15) is 4.79 Å². The third-order valence-corrected chi connectivity index (χ3v) is 4.61. The first-order valence-electron chi connectivity index (χ1n) is 9.09. The predicted octanol–water partition coefficient (Wildman–Crippen LogP) is 3.77. The number of carbonyl (C=O) groups excluding carboxylic acids is 1. The van der Waals surface area contributed by atoms with Gasteiger partial charge < -0.3 is 9.64 Å². The van der Waals surface area contributed by atoms with Crippen molar-refractivity contribution in [2.75, 3.05) is 14.2 Å². The number of hydrogen-bond donors (Lipinski definition) is 0. The van der Waals surface area contributed by atoms with Crippen LogP contribution >= 0.6 is 0 Å². The van der Waals surface area contributed by atoms with Crippen LogP contribution in [0.4, 0.5) is 0 Å². The molecule has 0 atom stereocenters. The van der Waals surface area contributed by atoms with Gasteiger partial charge >= 0.3 is 0 Å². The van der Waals surface area contributed by atoms with Crippen LogP contribution in [0.2, 0.25) is 0 Å². The molecule has 0 aliphatic rings. The van der Waals surface area contributed by atoms with Gasteiger partial charge in [0.25, 0.3) is 5.91 Å². The van der Waals surface area contributed by atoms with Crippen LogP contribution in [-0.2, 0) is 19.5 Å². The molecule has 27 heavy (non-hydrogen) atoms. The average molecular weight is 363 g/mol. The summed E-state index contributed by atoms with van der Waals surface area (Å²) < 4.78 is 7.10. The molecule has 3 aromatic rings. The first-order valence-corrected chi connectivity index (χ1v) is 9.09. The molecule has 0 unspecified atom stereocenters. The van der Waals surface area contributed by atoms with Gasteiger partial charge in [-0.3, -0.25) is 9.48 Å². The summed E-state index contributed by atoms with van der Waals surface area (Å²) in [6.07, 6.45) is 2.44. The molecule has 2 aromatic carbocycles. The summed E-state index contributed by atoms with van der Waals surface area (Å²) in [5.41, 5.74) is 3.86. The van der Waals surface area contributed by atoms with Crippen molar-refractivity contribution in [2.24, 2.45) is 0 Å². The van der Waals surface area contributed by atoms with Crippen molar-refractivity contribution in [1.82, 2.24) is 14.7 Å². The smallest absolute Gasteiger partial charge is 0.257 e. The summed E-state index contributed by atoms with van der Waals surface area (Å²) in [4.78, 5) is 14.7. The maximum atomic E-state index is 13.0. The molecule has 0 radical (unpaired) electrons. The van der Waals surface area contributed by atoms with E-state index in [1.165, 1.54) is 5.56 Å². The summed E-state index contributed by atoms with van der Waals surface area (Å²) in [5.74, 6) is 0.796. The topological polar surface area (TPSA) is 47.4 Å². The van der Waals surface area contributed by atoms with Gasteiger partial charge in [0.1, 0.15) is 5.75 Å². The van der Waals surface area contributed by atoms with Crippen molar-refractivity contribution in [3.63, 3.8) is 0 Å². The third-order valence-electron chi connectivity index (χ3n) is 4.61. The zero-order valence-corrected chi connectivity index (χ0v) is 16.1. The van der Waals surface area contributed by atoms with Crippen LogP contribution in [0.1, 0.15) is 34.1 Å². The minimum atomic E-state index is -0.0121. The van der Waals surface area contributed by atoms with Crippen LogP contribution in [0.5, 0.6) is 5.75 Å². The number of ether oxygens (including phenoxy) is 1. The first-order chi connectivity index (χ1) is 13.1. The average Bonchev–Trinajstić information content (AvgIpc) is 3.11. The lowest BCUT2D eigenvalue weighted by Crippen LogP contribution is -2.27. The van der Waals surface area contributed by atoms with Crippen molar-refractivity contribution in [1.29, 1.82) is 0 Å². The van der Waals surface area contributed by atoms with Crippen LogP contribution in [0.3, 0.4) is 0 Å². The van der Waals surface area contributed by atoms with Gasteiger partial charge in [-0.2, -0.15) is 5.10 Å². The Morgan fingerprint density at radius 2 is 1.78 bits per heavy atom. The van der Waals surface area contributed by atoms with E-state index >= 15 is 0 Å². The van der Waals surface area contributed by atoms with E-state index in [2.05, 4.69) is 24.2 Å². The molecule has 0 spiro atoms. The van der Waals surface area contributed by atoms with Gasteiger partial charge in [-0.15, -0.1) is 0 Å². The van der Waals surface area contributed by atoms with Crippen molar-refractivity contribution in [2.45, 2.75) is 26.4 Å². The second-order valence-electron chi connectivity index (χ2n) is 6.51. The second-order valence-corrected chi connectivity index (χ2v) is 6.51. The Morgan fingerprint density at radius 3 is 2.41 bits per heavy atom. The molecule has 0 aliphatic heterocycles. The predicted molar refractivity (Wildman–Crippen MR) is 106 cm³/mol. The fraction of sp³-hybridized carbons (Fsp3) is 0.273. The van der Waals surface area contributed by atoms with Gasteiger partial charge in [0.05, 0.1) is 31.1 Å². The molecule has 3 rings (SSSR count). The molecule has 0 saturated heterocycles. The van der Waals surface area contributed by atoms with E-state index in [4.69, 9.17) is 4.74 Å². The highest BCUT2D eigenvalue weighted by Crippen LogP contribution is 2.17. The zero-order chi connectivity index (χ0) is 19.2. The standard InChI is InChI=1S/C22H25N3O2/c1-4-21-20(14-23-25(21)16-17-8-6-5-7-9-17)22(26)24(2)15-18-10-12-19(27-3)13-11-18/h5-14H,4,15-16H2,1-3H3. The molecule has 0 bridgehead atoms. The van der Waals surface area contributed by atoms with Crippen LogP contribution in [0.15, 0.2) is 60.8 Å². The lowest BCUT2D eigenvalue weighted by Gasteiger charge is -2.18. The third kappa shape index (κ3) is 4.37. The van der Waals surface area contributed by atoms with Gasteiger partial charge in [0.2, 0.25) is 0 Å². The largest absolute Gasteiger partial charge is 0.497 e. The maximum absolute atomic E-state index is 13.0. The van der Waals surface area contributed by atoms with Crippen molar-refractivity contribution in [3.8, 4) is 5.75 Å². The van der Waals surface area contributed by atoms with Crippen LogP contribution in [-0.4, -0.2) is 34.7 Å². The molecule has 0 saturated carbocycles. The monoisotopic (exact) mass is 363 g/mol. The molecule has 5 heteroatoms. The number of hydrogen-bond acceptors (Lipinski definition) is 3. The SMILES string of the molecule is CCc1c(C(=O)N(C)Cc2ccc(OC)cc2)cnn1Cc1ccccc1. The summed E-state index contributed by atoms with van der Waals surface area (Å²) in [5, 5.41) is 4.47. The van der Waals surface area contributed by atoms with Gasteiger partial charge in [-0.25, -0.2) is 0 Å². The Hall–Kier alpha value is -3.08. The first kappa shape index (κ1) is 18.7. The normalized spacial score (nSPS) is 10.6. The van der Waals surface area contributed by atoms with Gasteiger partial charge in [0, 0.05) is 13.6 Å². The van der Waals surface area contributed by atoms with Gasteiger partial charge in [-0.05, 0) is 29.7 Å². The summed E-state index contributed by atoms with van der Waals surface area (Å²) >= 11 is 0. The quantitative estimate of drug-likeness (QED) is 0.642. The molecule has 5 nitrogen and oxygen atoms in total. The minimum Gasteiger partial charge on any atom is -0.497 e. The summed E-state index contributed by atoms with van der Waals surface area (Å²) in [6, 6.07) is 17.9. The van der Waals surface area contributed by atoms with Crippen molar-refractivity contribution in [3.05, 3.63) is 83.2 Å². The van der Waals surface area contributed by atoms with E-state index in [1.54, 1.807) is 18.2 Å². The van der Waals surface area contributed by atoms with E-state index < -0.39 is 0 Å². The van der Waals surface area contributed by atoms with Gasteiger partial charge in [0.15, 0.2) is 0 Å². The lowest BCUT2D eigenvalue weighted by atomic mass is 10.1. The Balaban J connectivity index is 1.75. The fourth-order valence-corrected chi connectivity index (χ4v) is 3.14. The number of aromatic nitrogens is 2.